The fourth-order valence-corrected chi connectivity index (χ4v) is 6.11. The average Bonchev–Trinajstić information content (AvgIpc) is 3.35. The maximum Gasteiger partial charge on any atom is 0.243 e. The summed E-state index contributed by atoms with van der Waals surface area (Å²) in [6, 6.07) is 14.8. The van der Waals surface area contributed by atoms with Crippen molar-refractivity contribution in [1.82, 2.24) is 10.2 Å². The second-order valence-corrected chi connectivity index (χ2v) is 12.0. The molecule has 3 rings (SSSR count). The van der Waals surface area contributed by atoms with Crippen molar-refractivity contribution in [1.29, 1.82) is 0 Å². The molecular weight excluding hydrogens is 486 g/mol. The van der Waals surface area contributed by atoms with Crippen LogP contribution in [-0.2, 0) is 26.2 Å². The van der Waals surface area contributed by atoms with Crippen molar-refractivity contribution in [2.45, 2.75) is 84.3 Å². The van der Waals surface area contributed by atoms with Gasteiger partial charge in [0.1, 0.15) is 6.04 Å². The minimum absolute atomic E-state index is 0.103. The van der Waals surface area contributed by atoms with Crippen LogP contribution >= 0.6 is 0 Å². The molecule has 7 nitrogen and oxygen atoms in total. The molecule has 202 valence electrons. The molecule has 2 aromatic carbocycles. The monoisotopic (exact) mass is 527 g/mol. The molecule has 1 unspecified atom stereocenters. The largest absolute Gasteiger partial charge is 0.352 e. The molecule has 1 aliphatic carbocycles. The molecule has 37 heavy (non-hydrogen) atoms. The summed E-state index contributed by atoms with van der Waals surface area (Å²) in [7, 11) is -3.52. The van der Waals surface area contributed by atoms with Crippen LogP contribution in [0.3, 0.4) is 0 Å². The summed E-state index contributed by atoms with van der Waals surface area (Å²) in [6.07, 6.45) is 6.39. The zero-order chi connectivity index (χ0) is 27.0. The molecule has 2 aromatic rings. The van der Waals surface area contributed by atoms with E-state index in [1.54, 1.807) is 11.0 Å². The van der Waals surface area contributed by atoms with Crippen molar-refractivity contribution in [2.75, 3.05) is 17.1 Å². The molecule has 2 amide bonds. The number of hydrogen-bond acceptors (Lipinski definition) is 4. The lowest BCUT2D eigenvalue weighted by atomic mass is 10.0. The van der Waals surface area contributed by atoms with Crippen molar-refractivity contribution in [2.24, 2.45) is 0 Å². The molecule has 1 N–H and O–H groups in total. The molecule has 0 aromatic heterocycles. The number of anilines is 1. The molecule has 0 spiro atoms. The van der Waals surface area contributed by atoms with Gasteiger partial charge in [0.25, 0.3) is 0 Å². The number of carbonyl (C=O) groups is 2. The maximum absolute atomic E-state index is 13.6. The van der Waals surface area contributed by atoms with E-state index in [0.29, 0.717) is 25.1 Å². The van der Waals surface area contributed by atoms with Crippen LogP contribution in [0.1, 0.15) is 68.6 Å². The summed E-state index contributed by atoms with van der Waals surface area (Å²) in [5.74, 6) is -0.246. The van der Waals surface area contributed by atoms with Crippen molar-refractivity contribution in [3.05, 3.63) is 65.2 Å². The topological polar surface area (TPSA) is 86.8 Å². The van der Waals surface area contributed by atoms with E-state index in [9.17, 15) is 18.0 Å². The van der Waals surface area contributed by atoms with Crippen LogP contribution in [0.25, 0.3) is 0 Å². The zero-order valence-electron chi connectivity index (χ0n) is 22.6. The Bertz CT molecular complexity index is 1180. The molecule has 1 aliphatic rings. The van der Waals surface area contributed by atoms with E-state index in [2.05, 4.69) is 5.32 Å². The van der Waals surface area contributed by atoms with Gasteiger partial charge in [0, 0.05) is 25.6 Å². The first kappa shape index (κ1) is 28.7. The van der Waals surface area contributed by atoms with Crippen LogP contribution in [0.4, 0.5) is 5.69 Å². The third-order valence-corrected chi connectivity index (χ3v) is 8.41. The summed E-state index contributed by atoms with van der Waals surface area (Å²) in [6.45, 7) is 6.34. The third-order valence-electron chi connectivity index (χ3n) is 7.23. The molecular formula is C29H41N3O4S. The molecule has 0 radical (unpaired) electrons. The van der Waals surface area contributed by atoms with Crippen LogP contribution in [0.15, 0.2) is 48.5 Å². The number of benzene rings is 2. The number of sulfonamides is 1. The van der Waals surface area contributed by atoms with Crippen LogP contribution in [0.5, 0.6) is 0 Å². The summed E-state index contributed by atoms with van der Waals surface area (Å²) in [4.78, 5) is 28.6. The Morgan fingerprint density at radius 3 is 2.22 bits per heavy atom. The summed E-state index contributed by atoms with van der Waals surface area (Å²) < 4.78 is 26.5. The number of hydrogen-bond donors (Lipinski definition) is 1. The molecule has 0 saturated heterocycles. The Morgan fingerprint density at radius 1 is 1.00 bits per heavy atom. The number of aryl methyl sites for hydroxylation is 2. The van der Waals surface area contributed by atoms with Gasteiger partial charge in [-0.15, -0.1) is 0 Å². The summed E-state index contributed by atoms with van der Waals surface area (Å²) >= 11 is 0. The van der Waals surface area contributed by atoms with Gasteiger partial charge in [0.15, 0.2) is 0 Å². The number of para-hydroxylation sites is 1. The lowest BCUT2D eigenvalue weighted by Gasteiger charge is -2.32. The molecule has 1 atom stereocenters. The lowest BCUT2D eigenvalue weighted by molar-refractivity contribution is -0.141. The van der Waals surface area contributed by atoms with Crippen molar-refractivity contribution in [3.63, 3.8) is 0 Å². The lowest BCUT2D eigenvalue weighted by Crippen LogP contribution is -2.51. The Hall–Kier alpha value is -2.87. The van der Waals surface area contributed by atoms with Crippen molar-refractivity contribution < 1.29 is 18.0 Å². The standard InChI is InChI=1S/C29H41N3O4S/c1-5-26(29(34)30-25-16-9-10-17-25)31(21-24-15-8-6-13-22(24)2)28(33)19-12-20-32(37(4,35)36)27-18-11-7-14-23(27)3/h6-8,11,13-15,18,25-26H,5,9-10,12,16-17,19-21H2,1-4H3,(H,30,34). The summed E-state index contributed by atoms with van der Waals surface area (Å²) in [5, 5.41) is 3.17. The van der Waals surface area contributed by atoms with Gasteiger partial charge in [0.2, 0.25) is 21.8 Å². The van der Waals surface area contributed by atoms with Crippen LogP contribution in [0.2, 0.25) is 0 Å². The Balaban J connectivity index is 1.77. The van der Waals surface area contributed by atoms with Crippen LogP contribution in [0, 0.1) is 13.8 Å². The highest BCUT2D eigenvalue weighted by Gasteiger charge is 2.31. The number of carbonyl (C=O) groups excluding carboxylic acids is 2. The van der Waals surface area contributed by atoms with Gasteiger partial charge in [-0.3, -0.25) is 13.9 Å². The number of nitrogens with zero attached hydrogens (tertiary/aromatic N) is 2. The number of rotatable bonds is 12. The normalized spacial score (nSPS) is 14.8. The highest BCUT2D eigenvalue weighted by Crippen LogP contribution is 2.24. The molecule has 0 aliphatic heterocycles. The van der Waals surface area contributed by atoms with E-state index in [-0.39, 0.29) is 30.8 Å². The smallest absolute Gasteiger partial charge is 0.243 e. The third kappa shape index (κ3) is 7.81. The molecule has 8 heteroatoms. The number of amides is 2. The van der Waals surface area contributed by atoms with Gasteiger partial charge in [-0.2, -0.15) is 0 Å². The highest BCUT2D eigenvalue weighted by molar-refractivity contribution is 7.92. The SMILES string of the molecule is CCC(C(=O)NC1CCCC1)N(Cc1ccccc1C)C(=O)CCCN(c1ccccc1C)S(C)(=O)=O. The second kappa shape index (κ2) is 13.1. The first-order valence-electron chi connectivity index (χ1n) is 13.3. The van der Waals surface area contributed by atoms with E-state index in [4.69, 9.17) is 0 Å². The van der Waals surface area contributed by atoms with Crippen molar-refractivity contribution in [3.8, 4) is 0 Å². The number of nitrogens with one attached hydrogen (secondary N) is 1. The van der Waals surface area contributed by atoms with Crippen LogP contribution < -0.4 is 9.62 Å². The van der Waals surface area contributed by atoms with Gasteiger partial charge >= 0.3 is 0 Å². The molecule has 0 bridgehead atoms. The summed E-state index contributed by atoms with van der Waals surface area (Å²) in [5.41, 5.74) is 3.54. The van der Waals surface area contributed by atoms with Gasteiger partial charge in [-0.25, -0.2) is 8.42 Å². The predicted octanol–water partition coefficient (Wildman–Crippen LogP) is 4.72. The molecule has 1 fully saturated rings. The quantitative estimate of drug-likeness (QED) is 0.433. The first-order chi connectivity index (χ1) is 17.6. The van der Waals surface area contributed by atoms with E-state index >= 15 is 0 Å². The maximum atomic E-state index is 13.6. The predicted molar refractivity (Wildman–Crippen MR) is 149 cm³/mol. The minimum atomic E-state index is -3.52. The average molecular weight is 528 g/mol. The van der Waals surface area contributed by atoms with Crippen LogP contribution in [-0.4, -0.2) is 50.0 Å². The highest BCUT2D eigenvalue weighted by atomic mass is 32.2. The Labute approximate surface area is 222 Å². The van der Waals surface area contributed by atoms with E-state index in [1.165, 1.54) is 10.6 Å². The Kier molecular flexibility index (Phi) is 10.1. The van der Waals surface area contributed by atoms with E-state index < -0.39 is 16.1 Å². The van der Waals surface area contributed by atoms with E-state index in [1.807, 2.05) is 63.2 Å². The molecule has 1 saturated carbocycles. The first-order valence-corrected chi connectivity index (χ1v) is 15.1. The zero-order valence-corrected chi connectivity index (χ0v) is 23.4. The second-order valence-electron chi connectivity index (χ2n) is 10.1. The van der Waals surface area contributed by atoms with Crippen molar-refractivity contribution >= 4 is 27.5 Å². The van der Waals surface area contributed by atoms with Gasteiger partial charge in [0.05, 0.1) is 11.9 Å². The Morgan fingerprint density at radius 2 is 1.62 bits per heavy atom. The fraction of sp³-hybridized carbons (Fsp3) is 0.517. The van der Waals surface area contributed by atoms with E-state index in [0.717, 1.165) is 42.4 Å². The molecule has 0 heterocycles. The minimum Gasteiger partial charge on any atom is -0.352 e. The van der Waals surface area contributed by atoms with Gasteiger partial charge in [-0.05, 0) is 62.3 Å². The van der Waals surface area contributed by atoms with Gasteiger partial charge in [-0.1, -0.05) is 62.2 Å². The van der Waals surface area contributed by atoms with Gasteiger partial charge < -0.3 is 10.2 Å². The fourth-order valence-electron chi connectivity index (χ4n) is 5.08.